The summed E-state index contributed by atoms with van der Waals surface area (Å²) in [6.45, 7) is 5.53. The maximum atomic E-state index is 11.6. The van der Waals surface area contributed by atoms with Gasteiger partial charge < -0.3 is 4.90 Å². The summed E-state index contributed by atoms with van der Waals surface area (Å²) in [5.74, 6) is -0.0652. The van der Waals surface area contributed by atoms with E-state index in [1.807, 2.05) is 25.1 Å². The van der Waals surface area contributed by atoms with E-state index in [-0.39, 0.29) is 11.9 Å². The van der Waals surface area contributed by atoms with Gasteiger partial charge in [0.2, 0.25) is 5.91 Å². The highest BCUT2D eigenvalue weighted by molar-refractivity contribution is 5.87. The lowest BCUT2D eigenvalue weighted by Crippen LogP contribution is -2.27. The second-order valence-electron chi connectivity index (χ2n) is 4.82. The van der Waals surface area contributed by atoms with Crippen LogP contribution in [0, 0.1) is 0 Å². The Labute approximate surface area is 120 Å². The lowest BCUT2D eigenvalue weighted by molar-refractivity contribution is -0.126. The summed E-state index contributed by atoms with van der Waals surface area (Å²) >= 11 is 0. The highest BCUT2D eigenvalue weighted by Gasteiger charge is 2.14. The fourth-order valence-electron chi connectivity index (χ4n) is 2.14. The van der Waals surface area contributed by atoms with Gasteiger partial charge >= 0.3 is 0 Å². The van der Waals surface area contributed by atoms with Gasteiger partial charge in [0.05, 0.1) is 6.04 Å². The summed E-state index contributed by atoms with van der Waals surface area (Å²) in [6.07, 6.45) is 1.34. The maximum Gasteiger partial charge on any atom is 0.246 e. The van der Waals surface area contributed by atoms with E-state index in [0.717, 1.165) is 5.56 Å². The highest BCUT2D eigenvalue weighted by atomic mass is 16.2. The van der Waals surface area contributed by atoms with Crippen LogP contribution in [0.15, 0.2) is 67.3 Å². The molecular formula is C18H19NO. The lowest BCUT2D eigenvalue weighted by Gasteiger charge is -2.24. The number of likely N-dealkylation sites (N-methyl/N-ethyl adjacent to an activating group) is 1. The molecular weight excluding hydrogens is 246 g/mol. The predicted molar refractivity (Wildman–Crippen MR) is 83.3 cm³/mol. The Kier molecular flexibility index (Phi) is 4.36. The SMILES string of the molecule is C=CC(=O)N(C)C(C)c1ccc(-c2ccccc2)cc1. The van der Waals surface area contributed by atoms with Crippen LogP contribution in [-0.2, 0) is 4.79 Å². The zero-order valence-corrected chi connectivity index (χ0v) is 11.9. The molecule has 0 radical (unpaired) electrons. The van der Waals surface area contributed by atoms with Crippen molar-refractivity contribution in [3.05, 3.63) is 72.8 Å². The molecule has 0 heterocycles. The lowest BCUT2D eigenvalue weighted by atomic mass is 10.0. The quantitative estimate of drug-likeness (QED) is 0.763. The molecule has 2 aromatic carbocycles. The first-order valence-electron chi connectivity index (χ1n) is 6.68. The Hall–Kier alpha value is -2.35. The summed E-state index contributed by atoms with van der Waals surface area (Å²) in [6, 6.07) is 18.6. The number of rotatable bonds is 4. The van der Waals surface area contributed by atoms with Crippen LogP contribution < -0.4 is 0 Å². The van der Waals surface area contributed by atoms with Crippen LogP contribution in [0.4, 0.5) is 0 Å². The zero-order chi connectivity index (χ0) is 14.5. The van der Waals surface area contributed by atoms with Gasteiger partial charge in [0.25, 0.3) is 0 Å². The van der Waals surface area contributed by atoms with E-state index in [4.69, 9.17) is 0 Å². The van der Waals surface area contributed by atoms with Gasteiger partial charge in [0.15, 0.2) is 0 Å². The number of amides is 1. The van der Waals surface area contributed by atoms with Crippen molar-refractivity contribution in [1.82, 2.24) is 4.90 Å². The number of hydrogen-bond acceptors (Lipinski definition) is 1. The molecule has 0 aliphatic rings. The molecule has 0 bridgehead atoms. The van der Waals surface area contributed by atoms with Crippen molar-refractivity contribution in [2.75, 3.05) is 7.05 Å². The Morgan fingerprint density at radius 3 is 2.15 bits per heavy atom. The first-order chi connectivity index (χ1) is 9.63. The van der Waals surface area contributed by atoms with Crippen LogP contribution in [0.2, 0.25) is 0 Å². The maximum absolute atomic E-state index is 11.6. The van der Waals surface area contributed by atoms with Crippen molar-refractivity contribution in [2.45, 2.75) is 13.0 Å². The molecule has 1 amide bonds. The van der Waals surface area contributed by atoms with Crippen molar-refractivity contribution in [2.24, 2.45) is 0 Å². The fourth-order valence-corrected chi connectivity index (χ4v) is 2.14. The third-order valence-electron chi connectivity index (χ3n) is 3.60. The van der Waals surface area contributed by atoms with E-state index in [1.165, 1.54) is 17.2 Å². The summed E-state index contributed by atoms with van der Waals surface area (Å²) in [4.78, 5) is 13.3. The average molecular weight is 265 g/mol. The molecule has 0 spiro atoms. The van der Waals surface area contributed by atoms with Crippen LogP contribution in [0.25, 0.3) is 11.1 Å². The van der Waals surface area contributed by atoms with E-state index >= 15 is 0 Å². The summed E-state index contributed by atoms with van der Waals surface area (Å²) < 4.78 is 0. The van der Waals surface area contributed by atoms with Gasteiger partial charge in [-0.3, -0.25) is 4.79 Å². The van der Waals surface area contributed by atoms with Crippen LogP contribution in [0.5, 0.6) is 0 Å². The number of carbonyl (C=O) groups is 1. The van der Waals surface area contributed by atoms with Crippen LogP contribution >= 0.6 is 0 Å². The van der Waals surface area contributed by atoms with E-state index in [0.29, 0.717) is 0 Å². The summed E-state index contributed by atoms with van der Waals surface area (Å²) in [5.41, 5.74) is 3.49. The summed E-state index contributed by atoms with van der Waals surface area (Å²) in [7, 11) is 1.79. The Morgan fingerprint density at radius 2 is 1.60 bits per heavy atom. The van der Waals surface area contributed by atoms with Crippen molar-refractivity contribution in [3.8, 4) is 11.1 Å². The topological polar surface area (TPSA) is 20.3 Å². The van der Waals surface area contributed by atoms with Gasteiger partial charge in [-0.25, -0.2) is 0 Å². The first-order valence-corrected chi connectivity index (χ1v) is 6.68. The normalized spacial score (nSPS) is 11.7. The molecule has 0 aliphatic heterocycles. The van der Waals surface area contributed by atoms with Crippen molar-refractivity contribution in [3.63, 3.8) is 0 Å². The number of hydrogen-bond donors (Lipinski definition) is 0. The van der Waals surface area contributed by atoms with Gasteiger partial charge in [-0.2, -0.15) is 0 Å². The van der Waals surface area contributed by atoms with Gasteiger partial charge in [0.1, 0.15) is 0 Å². The number of carbonyl (C=O) groups excluding carboxylic acids is 1. The molecule has 0 fully saturated rings. The Morgan fingerprint density at radius 1 is 1.05 bits per heavy atom. The molecule has 0 saturated carbocycles. The minimum Gasteiger partial charge on any atom is -0.335 e. The highest BCUT2D eigenvalue weighted by Crippen LogP contribution is 2.24. The average Bonchev–Trinajstić information content (AvgIpc) is 2.53. The number of benzene rings is 2. The van der Waals surface area contributed by atoms with Gasteiger partial charge in [-0.1, -0.05) is 61.2 Å². The van der Waals surface area contributed by atoms with E-state index in [9.17, 15) is 4.79 Å². The molecule has 2 rings (SSSR count). The second kappa shape index (κ2) is 6.20. The van der Waals surface area contributed by atoms with Crippen LogP contribution in [-0.4, -0.2) is 17.9 Å². The predicted octanol–water partition coefficient (Wildman–Crippen LogP) is 4.06. The molecule has 2 aromatic rings. The van der Waals surface area contributed by atoms with Crippen LogP contribution in [0.3, 0.4) is 0 Å². The molecule has 0 N–H and O–H groups in total. The molecule has 2 heteroatoms. The second-order valence-corrected chi connectivity index (χ2v) is 4.82. The summed E-state index contributed by atoms with van der Waals surface area (Å²) in [5, 5.41) is 0. The van der Waals surface area contributed by atoms with E-state index in [1.54, 1.807) is 11.9 Å². The van der Waals surface area contributed by atoms with Crippen molar-refractivity contribution >= 4 is 5.91 Å². The van der Waals surface area contributed by atoms with Crippen LogP contribution in [0.1, 0.15) is 18.5 Å². The molecule has 2 nitrogen and oxygen atoms in total. The third kappa shape index (κ3) is 2.97. The molecule has 1 atom stereocenters. The van der Waals surface area contributed by atoms with Gasteiger partial charge in [-0.15, -0.1) is 0 Å². The van der Waals surface area contributed by atoms with Crippen molar-refractivity contribution < 1.29 is 4.79 Å². The minimum atomic E-state index is -0.0652. The molecule has 20 heavy (non-hydrogen) atoms. The Balaban J connectivity index is 2.20. The molecule has 1 unspecified atom stereocenters. The smallest absolute Gasteiger partial charge is 0.246 e. The Bertz CT molecular complexity index is 587. The molecule has 102 valence electrons. The standard InChI is InChI=1S/C18H19NO/c1-4-18(20)19(3)14(2)15-10-12-17(13-11-15)16-8-6-5-7-9-16/h4-14H,1H2,2-3H3. The molecule has 0 saturated heterocycles. The van der Waals surface area contributed by atoms with E-state index in [2.05, 4.69) is 43.0 Å². The largest absolute Gasteiger partial charge is 0.335 e. The van der Waals surface area contributed by atoms with Crippen molar-refractivity contribution in [1.29, 1.82) is 0 Å². The minimum absolute atomic E-state index is 0.0327. The fraction of sp³-hybridized carbons (Fsp3) is 0.167. The number of nitrogens with zero attached hydrogens (tertiary/aromatic N) is 1. The van der Waals surface area contributed by atoms with Gasteiger partial charge in [-0.05, 0) is 29.7 Å². The monoisotopic (exact) mass is 265 g/mol. The van der Waals surface area contributed by atoms with Gasteiger partial charge in [0, 0.05) is 7.05 Å². The van der Waals surface area contributed by atoms with E-state index < -0.39 is 0 Å². The zero-order valence-electron chi connectivity index (χ0n) is 11.9. The third-order valence-corrected chi connectivity index (χ3v) is 3.60. The molecule has 0 aromatic heterocycles. The molecule has 0 aliphatic carbocycles. The first kappa shape index (κ1) is 14.1.